The van der Waals surface area contributed by atoms with E-state index in [1.807, 2.05) is 39.0 Å². The SMILES string of the molecule is CCCCC(NCC(=O)NC(C)(C)C)c1ccccc1. The molecule has 112 valence electrons. The summed E-state index contributed by atoms with van der Waals surface area (Å²) in [5.74, 6) is 0.0509. The molecule has 0 fully saturated rings. The lowest BCUT2D eigenvalue weighted by molar-refractivity contribution is -0.121. The molecule has 1 aromatic carbocycles. The van der Waals surface area contributed by atoms with Crippen molar-refractivity contribution in [1.82, 2.24) is 10.6 Å². The molecule has 20 heavy (non-hydrogen) atoms. The van der Waals surface area contributed by atoms with E-state index in [4.69, 9.17) is 0 Å². The molecular weight excluding hydrogens is 248 g/mol. The summed E-state index contributed by atoms with van der Waals surface area (Å²) in [7, 11) is 0. The number of unbranched alkanes of at least 4 members (excludes halogenated alkanes) is 1. The van der Waals surface area contributed by atoms with E-state index in [2.05, 4.69) is 29.7 Å². The van der Waals surface area contributed by atoms with Crippen LogP contribution in [0.3, 0.4) is 0 Å². The predicted molar refractivity (Wildman–Crippen MR) is 84.6 cm³/mol. The summed E-state index contributed by atoms with van der Waals surface area (Å²) in [6.45, 7) is 8.54. The molecule has 1 rings (SSSR count). The van der Waals surface area contributed by atoms with Gasteiger partial charge in [-0.2, -0.15) is 0 Å². The van der Waals surface area contributed by atoms with E-state index in [9.17, 15) is 4.79 Å². The zero-order valence-electron chi connectivity index (χ0n) is 13.2. The number of hydrogen-bond acceptors (Lipinski definition) is 2. The van der Waals surface area contributed by atoms with E-state index in [1.54, 1.807) is 0 Å². The number of carbonyl (C=O) groups excluding carboxylic acids is 1. The number of nitrogens with one attached hydrogen (secondary N) is 2. The van der Waals surface area contributed by atoms with Crippen LogP contribution in [0.5, 0.6) is 0 Å². The van der Waals surface area contributed by atoms with E-state index in [0.29, 0.717) is 6.54 Å². The first-order chi connectivity index (χ1) is 9.42. The molecule has 3 nitrogen and oxygen atoms in total. The van der Waals surface area contributed by atoms with Crippen LogP contribution >= 0.6 is 0 Å². The van der Waals surface area contributed by atoms with Gasteiger partial charge in [0.05, 0.1) is 6.54 Å². The largest absolute Gasteiger partial charge is 0.350 e. The zero-order valence-corrected chi connectivity index (χ0v) is 13.2. The van der Waals surface area contributed by atoms with Crippen molar-refractivity contribution >= 4 is 5.91 Å². The molecule has 1 aromatic rings. The van der Waals surface area contributed by atoms with Crippen molar-refractivity contribution in [1.29, 1.82) is 0 Å². The fourth-order valence-corrected chi connectivity index (χ4v) is 2.16. The van der Waals surface area contributed by atoms with Crippen LogP contribution in [0.1, 0.15) is 58.6 Å². The Kier molecular flexibility index (Phi) is 6.73. The van der Waals surface area contributed by atoms with Crippen LogP contribution < -0.4 is 10.6 Å². The molecule has 0 aliphatic carbocycles. The summed E-state index contributed by atoms with van der Waals surface area (Å²) >= 11 is 0. The van der Waals surface area contributed by atoms with Gasteiger partial charge in [0.25, 0.3) is 0 Å². The van der Waals surface area contributed by atoms with E-state index >= 15 is 0 Å². The Hall–Kier alpha value is -1.35. The van der Waals surface area contributed by atoms with Gasteiger partial charge in [0.2, 0.25) is 5.91 Å². The van der Waals surface area contributed by atoms with Crippen LogP contribution in [0.25, 0.3) is 0 Å². The highest BCUT2D eigenvalue weighted by Gasteiger charge is 2.16. The second kappa shape index (κ2) is 8.05. The summed E-state index contributed by atoms with van der Waals surface area (Å²) in [4.78, 5) is 11.9. The van der Waals surface area contributed by atoms with Crippen LogP contribution in [0.4, 0.5) is 0 Å². The minimum atomic E-state index is -0.176. The molecule has 2 N–H and O–H groups in total. The topological polar surface area (TPSA) is 41.1 Å². The highest BCUT2D eigenvalue weighted by atomic mass is 16.2. The molecular formula is C17H28N2O. The van der Waals surface area contributed by atoms with Crippen LogP contribution in [0.2, 0.25) is 0 Å². The Balaban J connectivity index is 2.55. The molecule has 0 aliphatic rings. The highest BCUT2D eigenvalue weighted by molar-refractivity contribution is 5.78. The maximum absolute atomic E-state index is 11.9. The van der Waals surface area contributed by atoms with Crippen molar-refractivity contribution in [3.05, 3.63) is 35.9 Å². The molecule has 0 saturated heterocycles. The van der Waals surface area contributed by atoms with E-state index in [1.165, 1.54) is 12.0 Å². The highest BCUT2D eigenvalue weighted by Crippen LogP contribution is 2.18. The average molecular weight is 276 g/mol. The number of benzene rings is 1. The van der Waals surface area contributed by atoms with Gasteiger partial charge in [-0.15, -0.1) is 0 Å². The minimum absolute atomic E-state index is 0.0509. The van der Waals surface area contributed by atoms with Gasteiger partial charge in [0.1, 0.15) is 0 Å². The fourth-order valence-electron chi connectivity index (χ4n) is 2.16. The molecule has 0 radical (unpaired) electrons. The van der Waals surface area contributed by atoms with Crippen LogP contribution in [0.15, 0.2) is 30.3 Å². The van der Waals surface area contributed by atoms with Crippen molar-refractivity contribution in [3.8, 4) is 0 Å². The van der Waals surface area contributed by atoms with Gasteiger partial charge >= 0.3 is 0 Å². The molecule has 1 atom stereocenters. The Bertz CT molecular complexity index is 395. The van der Waals surface area contributed by atoms with Gasteiger partial charge in [0.15, 0.2) is 0 Å². The first-order valence-corrected chi connectivity index (χ1v) is 7.51. The summed E-state index contributed by atoms with van der Waals surface area (Å²) in [5.41, 5.74) is 1.08. The number of amides is 1. The molecule has 0 spiro atoms. The molecule has 0 bridgehead atoms. The summed E-state index contributed by atoms with van der Waals surface area (Å²) in [6.07, 6.45) is 3.38. The van der Waals surface area contributed by atoms with Crippen molar-refractivity contribution in [3.63, 3.8) is 0 Å². The molecule has 0 heterocycles. The van der Waals surface area contributed by atoms with Crippen LogP contribution in [0, 0.1) is 0 Å². The van der Waals surface area contributed by atoms with Gasteiger partial charge < -0.3 is 10.6 Å². The first kappa shape index (κ1) is 16.7. The standard InChI is InChI=1S/C17H28N2O/c1-5-6-12-15(14-10-8-7-9-11-14)18-13-16(20)19-17(2,3)4/h7-11,15,18H,5-6,12-13H2,1-4H3,(H,19,20). The lowest BCUT2D eigenvalue weighted by Crippen LogP contribution is -2.45. The van der Waals surface area contributed by atoms with Crippen molar-refractivity contribution in [2.45, 2.75) is 58.5 Å². The Labute approximate surface area is 123 Å². The minimum Gasteiger partial charge on any atom is -0.350 e. The second-order valence-corrected chi connectivity index (χ2v) is 6.28. The van der Waals surface area contributed by atoms with Gasteiger partial charge in [-0.05, 0) is 32.8 Å². The third kappa shape index (κ3) is 6.71. The molecule has 3 heteroatoms. The van der Waals surface area contributed by atoms with Crippen LogP contribution in [-0.2, 0) is 4.79 Å². The monoisotopic (exact) mass is 276 g/mol. The fraction of sp³-hybridized carbons (Fsp3) is 0.588. The van der Waals surface area contributed by atoms with Gasteiger partial charge in [0, 0.05) is 11.6 Å². The normalized spacial score (nSPS) is 13.0. The summed E-state index contributed by atoms with van der Waals surface area (Å²) in [6, 6.07) is 10.6. The molecule has 1 amide bonds. The third-order valence-electron chi connectivity index (χ3n) is 3.07. The second-order valence-electron chi connectivity index (χ2n) is 6.28. The van der Waals surface area contributed by atoms with E-state index < -0.39 is 0 Å². The molecule has 0 aliphatic heterocycles. The zero-order chi connectivity index (χ0) is 15.0. The third-order valence-corrected chi connectivity index (χ3v) is 3.07. The Morgan fingerprint density at radius 2 is 1.85 bits per heavy atom. The molecule has 1 unspecified atom stereocenters. The van der Waals surface area contributed by atoms with Crippen LogP contribution in [-0.4, -0.2) is 18.0 Å². The average Bonchev–Trinajstić information content (AvgIpc) is 2.38. The predicted octanol–water partition coefficient (Wildman–Crippen LogP) is 3.42. The Morgan fingerprint density at radius 3 is 2.40 bits per heavy atom. The van der Waals surface area contributed by atoms with Gasteiger partial charge in [-0.3, -0.25) is 4.79 Å². The molecule has 0 aromatic heterocycles. The van der Waals surface area contributed by atoms with E-state index in [-0.39, 0.29) is 17.5 Å². The van der Waals surface area contributed by atoms with Crippen molar-refractivity contribution in [2.75, 3.05) is 6.54 Å². The number of rotatable bonds is 7. The molecule has 0 saturated carbocycles. The van der Waals surface area contributed by atoms with Gasteiger partial charge in [-0.25, -0.2) is 0 Å². The number of hydrogen-bond donors (Lipinski definition) is 2. The summed E-state index contributed by atoms with van der Waals surface area (Å²) < 4.78 is 0. The lowest BCUT2D eigenvalue weighted by Gasteiger charge is -2.23. The quantitative estimate of drug-likeness (QED) is 0.801. The lowest BCUT2D eigenvalue weighted by atomic mass is 10.0. The maximum atomic E-state index is 11.9. The number of carbonyl (C=O) groups is 1. The van der Waals surface area contributed by atoms with Gasteiger partial charge in [-0.1, -0.05) is 50.1 Å². The smallest absolute Gasteiger partial charge is 0.234 e. The Morgan fingerprint density at radius 1 is 1.20 bits per heavy atom. The maximum Gasteiger partial charge on any atom is 0.234 e. The van der Waals surface area contributed by atoms with E-state index in [0.717, 1.165) is 12.8 Å². The van der Waals surface area contributed by atoms with Crippen molar-refractivity contribution < 1.29 is 4.79 Å². The van der Waals surface area contributed by atoms with Crippen molar-refractivity contribution in [2.24, 2.45) is 0 Å². The summed E-state index contributed by atoms with van der Waals surface area (Å²) in [5, 5.41) is 6.36. The first-order valence-electron chi connectivity index (χ1n) is 7.51.